The van der Waals surface area contributed by atoms with Crippen LogP contribution in [0.4, 0.5) is 0 Å². The fourth-order valence-electron chi connectivity index (χ4n) is 3.60. The summed E-state index contributed by atoms with van der Waals surface area (Å²) in [6, 6.07) is 14.5. The predicted molar refractivity (Wildman–Crippen MR) is 115 cm³/mol. The van der Waals surface area contributed by atoms with E-state index >= 15 is 0 Å². The van der Waals surface area contributed by atoms with E-state index in [-0.39, 0.29) is 48.8 Å². The average Bonchev–Trinajstić information content (AvgIpc) is 3.33. The Kier molecular flexibility index (Phi) is 6.34. The van der Waals surface area contributed by atoms with Crippen LogP contribution in [0.25, 0.3) is 11.4 Å². The summed E-state index contributed by atoms with van der Waals surface area (Å²) >= 11 is 0. The van der Waals surface area contributed by atoms with Crippen LogP contribution in [0.1, 0.15) is 29.2 Å². The molecule has 1 fully saturated rings. The number of rotatable bonds is 6. The molecule has 0 bridgehead atoms. The van der Waals surface area contributed by atoms with E-state index in [0.29, 0.717) is 17.9 Å². The maximum atomic E-state index is 13.0. The Morgan fingerprint density at radius 1 is 1.12 bits per heavy atom. The minimum atomic E-state index is -1.07. The second-order valence-corrected chi connectivity index (χ2v) is 7.51. The van der Waals surface area contributed by atoms with Gasteiger partial charge in [0.1, 0.15) is 11.8 Å². The van der Waals surface area contributed by atoms with Crippen LogP contribution in [0.3, 0.4) is 0 Å². The molecular weight excluding hydrogens is 428 g/mol. The zero-order chi connectivity index (χ0) is 23.4. The second kappa shape index (κ2) is 9.51. The maximum Gasteiger partial charge on any atom is 0.335 e. The molecule has 4 rings (SSSR count). The van der Waals surface area contributed by atoms with Crippen molar-refractivity contribution in [2.45, 2.75) is 13.0 Å². The Balaban J connectivity index is 1.56. The van der Waals surface area contributed by atoms with Gasteiger partial charge in [-0.1, -0.05) is 35.5 Å². The molecule has 0 radical (unpaired) electrons. The van der Waals surface area contributed by atoms with E-state index in [9.17, 15) is 19.5 Å². The van der Waals surface area contributed by atoms with Gasteiger partial charge in [0.15, 0.2) is 6.61 Å². The highest BCUT2D eigenvalue weighted by Gasteiger charge is 2.36. The lowest BCUT2D eigenvalue weighted by Crippen LogP contribution is -2.53. The second-order valence-electron chi connectivity index (χ2n) is 7.51. The Hall–Kier alpha value is -4.21. The summed E-state index contributed by atoms with van der Waals surface area (Å²) in [6.45, 7) is 2.15. The molecule has 33 heavy (non-hydrogen) atoms. The summed E-state index contributed by atoms with van der Waals surface area (Å²) in [5.41, 5.74) is 0.559. The van der Waals surface area contributed by atoms with Crippen molar-refractivity contribution >= 4 is 17.8 Å². The number of carboxylic acid groups (broad SMARTS) is 1. The summed E-state index contributed by atoms with van der Waals surface area (Å²) in [5.74, 6) is -0.546. The van der Waals surface area contributed by atoms with Gasteiger partial charge in [0.05, 0.1) is 12.1 Å². The standard InChI is InChI=1S/C23H22N4O6/c1-15(28)26-10-11-27(20(29)14-32-18-8-3-2-4-9-18)19(13-26)22-24-21(25-33-22)16-6-5-7-17(12-16)23(30)31/h2-9,12,19H,10-11,13-14H2,1H3,(H,30,31). The topological polar surface area (TPSA) is 126 Å². The number of hydrogen-bond donors (Lipinski definition) is 1. The number of hydrogen-bond acceptors (Lipinski definition) is 7. The lowest BCUT2D eigenvalue weighted by Gasteiger charge is -2.39. The molecule has 2 aromatic carbocycles. The molecule has 2 heterocycles. The molecule has 10 heteroatoms. The Bertz CT molecular complexity index is 1160. The van der Waals surface area contributed by atoms with Crippen LogP contribution in [0.5, 0.6) is 5.75 Å². The first-order valence-corrected chi connectivity index (χ1v) is 10.3. The van der Waals surface area contributed by atoms with Crippen molar-refractivity contribution in [3.63, 3.8) is 0 Å². The van der Waals surface area contributed by atoms with E-state index < -0.39 is 12.0 Å². The molecule has 1 N–H and O–H groups in total. The van der Waals surface area contributed by atoms with Gasteiger partial charge >= 0.3 is 5.97 Å². The van der Waals surface area contributed by atoms with Crippen LogP contribution < -0.4 is 4.74 Å². The number of carboxylic acids is 1. The normalized spacial score (nSPS) is 15.8. The van der Waals surface area contributed by atoms with Crippen molar-refractivity contribution in [1.29, 1.82) is 0 Å². The fraction of sp³-hybridized carbons (Fsp3) is 0.261. The van der Waals surface area contributed by atoms with Crippen molar-refractivity contribution in [3.8, 4) is 17.1 Å². The average molecular weight is 450 g/mol. The number of carbonyl (C=O) groups is 3. The Labute approximate surface area is 189 Å². The SMILES string of the molecule is CC(=O)N1CCN(C(=O)COc2ccccc2)C(c2nc(-c3cccc(C(=O)O)c3)no2)C1. The zero-order valence-electron chi connectivity index (χ0n) is 17.9. The van der Waals surface area contributed by atoms with Crippen LogP contribution in [0.15, 0.2) is 59.1 Å². The van der Waals surface area contributed by atoms with E-state index in [4.69, 9.17) is 9.26 Å². The lowest BCUT2D eigenvalue weighted by molar-refractivity contribution is -0.144. The molecule has 0 aliphatic carbocycles. The van der Waals surface area contributed by atoms with Crippen LogP contribution in [0.2, 0.25) is 0 Å². The fourth-order valence-corrected chi connectivity index (χ4v) is 3.60. The number of ether oxygens (including phenoxy) is 1. The molecule has 1 aromatic heterocycles. The van der Waals surface area contributed by atoms with Gasteiger partial charge in [-0.25, -0.2) is 4.79 Å². The molecule has 1 saturated heterocycles. The minimum Gasteiger partial charge on any atom is -0.484 e. The number of nitrogens with zero attached hydrogens (tertiary/aromatic N) is 4. The number of benzene rings is 2. The first-order chi connectivity index (χ1) is 15.9. The van der Waals surface area contributed by atoms with Crippen LogP contribution in [-0.4, -0.2) is 69.1 Å². The highest BCUT2D eigenvalue weighted by molar-refractivity contribution is 5.89. The molecule has 1 unspecified atom stereocenters. The van der Waals surface area contributed by atoms with Crippen molar-refractivity contribution in [2.75, 3.05) is 26.2 Å². The zero-order valence-corrected chi connectivity index (χ0v) is 17.9. The van der Waals surface area contributed by atoms with Gasteiger partial charge in [0.2, 0.25) is 11.7 Å². The Morgan fingerprint density at radius 3 is 2.64 bits per heavy atom. The molecule has 170 valence electrons. The maximum absolute atomic E-state index is 13.0. The third-order valence-corrected chi connectivity index (χ3v) is 5.35. The van der Waals surface area contributed by atoms with Crippen LogP contribution in [0, 0.1) is 0 Å². The summed E-state index contributed by atoms with van der Waals surface area (Å²) in [7, 11) is 0. The largest absolute Gasteiger partial charge is 0.484 e. The number of carbonyl (C=O) groups excluding carboxylic acids is 2. The lowest BCUT2D eigenvalue weighted by atomic mass is 10.1. The van der Waals surface area contributed by atoms with E-state index in [0.717, 1.165) is 0 Å². The highest BCUT2D eigenvalue weighted by Crippen LogP contribution is 2.27. The summed E-state index contributed by atoms with van der Waals surface area (Å²) in [5, 5.41) is 13.2. The number of para-hydroxylation sites is 1. The van der Waals surface area contributed by atoms with Gasteiger partial charge in [0, 0.05) is 25.6 Å². The van der Waals surface area contributed by atoms with Gasteiger partial charge in [-0.05, 0) is 24.3 Å². The van der Waals surface area contributed by atoms with Crippen molar-refractivity contribution in [1.82, 2.24) is 19.9 Å². The number of aromatic nitrogens is 2. The van der Waals surface area contributed by atoms with Crippen molar-refractivity contribution < 1.29 is 28.8 Å². The van der Waals surface area contributed by atoms with E-state index in [2.05, 4.69) is 10.1 Å². The van der Waals surface area contributed by atoms with E-state index in [1.54, 1.807) is 34.1 Å². The molecule has 10 nitrogen and oxygen atoms in total. The van der Waals surface area contributed by atoms with Crippen LogP contribution >= 0.6 is 0 Å². The molecule has 2 amide bonds. The quantitative estimate of drug-likeness (QED) is 0.606. The molecule has 1 aliphatic heterocycles. The molecule has 0 spiro atoms. The Morgan fingerprint density at radius 2 is 1.91 bits per heavy atom. The molecular formula is C23H22N4O6. The van der Waals surface area contributed by atoms with E-state index in [1.165, 1.54) is 19.1 Å². The summed E-state index contributed by atoms with van der Waals surface area (Å²) in [6.07, 6.45) is 0. The van der Waals surface area contributed by atoms with Gasteiger partial charge in [0.25, 0.3) is 11.8 Å². The summed E-state index contributed by atoms with van der Waals surface area (Å²) in [4.78, 5) is 43.8. The minimum absolute atomic E-state index is 0.0918. The van der Waals surface area contributed by atoms with Gasteiger partial charge in [-0.3, -0.25) is 9.59 Å². The van der Waals surface area contributed by atoms with Gasteiger partial charge < -0.3 is 24.2 Å². The molecule has 3 aromatic rings. The number of amides is 2. The monoisotopic (exact) mass is 450 g/mol. The van der Waals surface area contributed by atoms with Crippen LogP contribution in [-0.2, 0) is 9.59 Å². The molecule has 1 aliphatic rings. The first kappa shape index (κ1) is 22.0. The third-order valence-electron chi connectivity index (χ3n) is 5.35. The predicted octanol–water partition coefficient (Wildman–Crippen LogP) is 2.25. The number of piperazine rings is 1. The third kappa shape index (κ3) is 5.00. The van der Waals surface area contributed by atoms with Gasteiger partial charge in [-0.2, -0.15) is 4.98 Å². The molecule has 0 saturated carbocycles. The smallest absolute Gasteiger partial charge is 0.335 e. The summed E-state index contributed by atoms with van der Waals surface area (Å²) < 4.78 is 11.0. The van der Waals surface area contributed by atoms with Gasteiger partial charge in [-0.15, -0.1) is 0 Å². The van der Waals surface area contributed by atoms with Crippen molar-refractivity contribution in [2.24, 2.45) is 0 Å². The van der Waals surface area contributed by atoms with E-state index in [1.807, 2.05) is 18.2 Å². The van der Waals surface area contributed by atoms with Crippen molar-refractivity contribution in [3.05, 3.63) is 66.1 Å². The number of aromatic carboxylic acids is 1. The first-order valence-electron chi connectivity index (χ1n) is 10.3. The highest BCUT2D eigenvalue weighted by atomic mass is 16.5. The molecule has 1 atom stereocenters.